The molecule has 0 spiro atoms. The number of fused-ring (bicyclic) bond motifs is 1. The predicted octanol–water partition coefficient (Wildman–Crippen LogP) is 2.96. The fourth-order valence-electron chi connectivity index (χ4n) is 3.64. The molecule has 0 atom stereocenters. The van der Waals surface area contributed by atoms with Crippen molar-refractivity contribution in [2.75, 3.05) is 44.2 Å². The van der Waals surface area contributed by atoms with Crippen LogP contribution in [-0.2, 0) is 6.42 Å². The van der Waals surface area contributed by atoms with Gasteiger partial charge in [-0.2, -0.15) is 0 Å². The molecule has 2 aromatic heterocycles. The highest BCUT2D eigenvalue weighted by Crippen LogP contribution is 2.14. The number of hydrogen-bond acceptors (Lipinski definition) is 4. The van der Waals surface area contributed by atoms with E-state index < -0.39 is 0 Å². The van der Waals surface area contributed by atoms with Gasteiger partial charge in [0, 0.05) is 63.0 Å². The van der Waals surface area contributed by atoms with Gasteiger partial charge < -0.3 is 15.1 Å². The lowest BCUT2D eigenvalue weighted by atomic mass is 10.2. The summed E-state index contributed by atoms with van der Waals surface area (Å²) in [5, 5.41) is 4.62. The largest absolute Gasteiger partial charge is 0.357 e. The lowest BCUT2D eigenvalue weighted by Gasteiger charge is -2.37. The minimum absolute atomic E-state index is 0.730. The van der Waals surface area contributed by atoms with Crippen LogP contribution in [-0.4, -0.2) is 60.1 Å². The minimum Gasteiger partial charge on any atom is -0.357 e. The van der Waals surface area contributed by atoms with Gasteiger partial charge in [-0.1, -0.05) is 30.3 Å². The van der Waals surface area contributed by atoms with E-state index in [0.29, 0.717) is 0 Å². The van der Waals surface area contributed by atoms with Crippen LogP contribution >= 0.6 is 0 Å². The number of anilines is 1. The molecule has 150 valence electrons. The van der Waals surface area contributed by atoms with Crippen LogP contribution in [0.4, 0.5) is 5.82 Å². The molecule has 3 heterocycles. The van der Waals surface area contributed by atoms with E-state index in [0.717, 1.165) is 68.7 Å². The number of aliphatic imine (C=N–C) groups is 1. The van der Waals surface area contributed by atoms with Crippen molar-refractivity contribution in [2.24, 2.45) is 4.99 Å². The maximum absolute atomic E-state index is 4.87. The molecular weight excluding hydrogens is 360 g/mol. The Morgan fingerprint density at radius 3 is 2.62 bits per heavy atom. The van der Waals surface area contributed by atoms with Gasteiger partial charge in [-0.15, -0.1) is 0 Å². The van der Waals surface area contributed by atoms with E-state index in [2.05, 4.69) is 57.4 Å². The number of nitrogens with zero attached hydrogens (tertiary/aromatic N) is 5. The monoisotopic (exact) mass is 388 g/mol. The van der Waals surface area contributed by atoms with Crippen LogP contribution in [0.25, 0.3) is 10.9 Å². The fraction of sp³-hybridized carbons (Fsp3) is 0.348. The first-order chi connectivity index (χ1) is 14.3. The molecule has 1 aromatic carbocycles. The number of rotatable bonds is 5. The number of pyridine rings is 2. The minimum atomic E-state index is 0.730. The average molecular weight is 389 g/mol. The normalized spacial score (nSPS) is 15.0. The Morgan fingerprint density at radius 1 is 1.00 bits per heavy atom. The molecule has 0 unspecified atom stereocenters. The van der Waals surface area contributed by atoms with Gasteiger partial charge in [0.1, 0.15) is 5.82 Å². The lowest BCUT2D eigenvalue weighted by Crippen LogP contribution is -2.52. The molecule has 0 amide bonds. The van der Waals surface area contributed by atoms with E-state index in [9.17, 15) is 0 Å². The molecule has 3 aromatic rings. The highest BCUT2D eigenvalue weighted by molar-refractivity contribution is 5.80. The third kappa shape index (κ3) is 4.83. The average Bonchev–Trinajstić information content (AvgIpc) is 2.79. The summed E-state index contributed by atoms with van der Waals surface area (Å²) in [6, 6.07) is 18.6. The van der Waals surface area contributed by atoms with Crippen LogP contribution < -0.4 is 10.2 Å². The highest BCUT2D eigenvalue weighted by atomic mass is 15.4. The van der Waals surface area contributed by atoms with Gasteiger partial charge in [-0.3, -0.25) is 9.98 Å². The second kappa shape index (κ2) is 9.37. The first-order valence-corrected chi connectivity index (χ1v) is 10.4. The maximum Gasteiger partial charge on any atom is 0.194 e. The molecule has 1 N–H and O–H groups in total. The molecule has 0 radical (unpaired) electrons. The van der Waals surface area contributed by atoms with Gasteiger partial charge >= 0.3 is 0 Å². The van der Waals surface area contributed by atoms with Gasteiger partial charge in [-0.05, 0) is 31.2 Å². The molecule has 1 aliphatic heterocycles. The molecule has 0 aliphatic carbocycles. The zero-order chi connectivity index (χ0) is 19.9. The Bertz CT molecular complexity index is 948. The van der Waals surface area contributed by atoms with Crippen molar-refractivity contribution < 1.29 is 0 Å². The van der Waals surface area contributed by atoms with Crippen LogP contribution in [0.1, 0.15) is 12.6 Å². The van der Waals surface area contributed by atoms with Gasteiger partial charge in [0.15, 0.2) is 5.96 Å². The maximum atomic E-state index is 4.87. The molecule has 1 fully saturated rings. The molecule has 1 saturated heterocycles. The Balaban J connectivity index is 1.36. The molecule has 6 heteroatoms. The molecule has 0 saturated carbocycles. The van der Waals surface area contributed by atoms with Crippen molar-refractivity contribution in [3.05, 3.63) is 66.5 Å². The second-order valence-electron chi connectivity index (χ2n) is 7.14. The topological polar surface area (TPSA) is 56.7 Å². The van der Waals surface area contributed by atoms with E-state index in [4.69, 9.17) is 9.98 Å². The lowest BCUT2D eigenvalue weighted by molar-refractivity contribution is 0.371. The number of nitrogens with one attached hydrogen (secondary N) is 1. The summed E-state index contributed by atoms with van der Waals surface area (Å²) in [6.07, 6.45) is 2.70. The Hall–Kier alpha value is -3.15. The van der Waals surface area contributed by atoms with Gasteiger partial charge in [-0.25, -0.2) is 4.98 Å². The smallest absolute Gasteiger partial charge is 0.194 e. The Labute approximate surface area is 172 Å². The van der Waals surface area contributed by atoms with Crippen molar-refractivity contribution in [2.45, 2.75) is 13.3 Å². The molecule has 29 heavy (non-hydrogen) atoms. The predicted molar refractivity (Wildman–Crippen MR) is 119 cm³/mol. The molecule has 0 bridgehead atoms. The molecule has 4 rings (SSSR count). The first kappa shape index (κ1) is 19.2. The molecule has 1 aliphatic rings. The van der Waals surface area contributed by atoms with Crippen LogP contribution in [0.3, 0.4) is 0 Å². The van der Waals surface area contributed by atoms with Crippen LogP contribution in [0.5, 0.6) is 0 Å². The number of piperazine rings is 1. The fourth-order valence-corrected chi connectivity index (χ4v) is 3.64. The molecule has 6 nitrogen and oxygen atoms in total. The Kier molecular flexibility index (Phi) is 6.19. The van der Waals surface area contributed by atoms with E-state index >= 15 is 0 Å². The van der Waals surface area contributed by atoms with Crippen molar-refractivity contribution in [3.63, 3.8) is 0 Å². The number of para-hydroxylation sites is 1. The van der Waals surface area contributed by atoms with E-state index in [1.165, 1.54) is 5.39 Å². The number of aromatic nitrogens is 2. The second-order valence-corrected chi connectivity index (χ2v) is 7.14. The van der Waals surface area contributed by atoms with E-state index in [-0.39, 0.29) is 0 Å². The number of benzene rings is 1. The standard InChI is InChI=1S/C23H28N6/c1-2-24-23(29-17-15-28(16-18-29)22-9-5-6-13-25-22)26-14-12-20-11-10-19-7-3-4-8-21(19)27-20/h3-11,13H,2,12,14-18H2,1H3,(H,24,26). The summed E-state index contributed by atoms with van der Waals surface area (Å²) in [5.74, 6) is 2.05. The third-order valence-electron chi connectivity index (χ3n) is 5.17. The van der Waals surface area contributed by atoms with Crippen molar-refractivity contribution in [1.82, 2.24) is 20.2 Å². The quantitative estimate of drug-likeness (QED) is 0.538. The summed E-state index contributed by atoms with van der Waals surface area (Å²) < 4.78 is 0. The van der Waals surface area contributed by atoms with Crippen LogP contribution in [0.15, 0.2) is 65.8 Å². The highest BCUT2D eigenvalue weighted by Gasteiger charge is 2.20. The van der Waals surface area contributed by atoms with Crippen LogP contribution in [0, 0.1) is 0 Å². The number of guanidine groups is 1. The number of hydrogen-bond donors (Lipinski definition) is 1. The van der Waals surface area contributed by atoms with Crippen LogP contribution in [0.2, 0.25) is 0 Å². The summed E-state index contributed by atoms with van der Waals surface area (Å²) in [7, 11) is 0. The van der Waals surface area contributed by atoms with Crippen molar-refractivity contribution >= 4 is 22.7 Å². The summed E-state index contributed by atoms with van der Waals surface area (Å²) >= 11 is 0. The zero-order valence-electron chi connectivity index (χ0n) is 17.0. The zero-order valence-corrected chi connectivity index (χ0v) is 17.0. The summed E-state index contributed by atoms with van der Waals surface area (Å²) in [6.45, 7) is 7.50. The van der Waals surface area contributed by atoms with Gasteiger partial charge in [0.2, 0.25) is 0 Å². The van der Waals surface area contributed by atoms with Crippen molar-refractivity contribution in [3.8, 4) is 0 Å². The SMILES string of the molecule is CCNC(=NCCc1ccc2ccccc2n1)N1CCN(c2ccccn2)CC1. The summed E-state index contributed by atoms with van der Waals surface area (Å²) in [5.41, 5.74) is 2.13. The Morgan fingerprint density at radius 2 is 1.83 bits per heavy atom. The van der Waals surface area contributed by atoms with Crippen molar-refractivity contribution in [1.29, 1.82) is 0 Å². The van der Waals surface area contributed by atoms with E-state index in [1.807, 2.05) is 30.5 Å². The van der Waals surface area contributed by atoms with Gasteiger partial charge in [0.05, 0.1) is 5.52 Å². The molecular formula is C23H28N6. The first-order valence-electron chi connectivity index (χ1n) is 10.4. The van der Waals surface area contributed by atoms with E-state index in [1.54, 1.807) is 0 Å². The summed E-state index contributed by atoms with van der Waals surface area (Å²) in [4.78, 5) is 18.8. The third-order valence-corrected chi connectivity index (χ3v) is 5.17. The van der Waals surface area contributed by atoms with Gasteiger partial charge in [0.25, 0.3) is 0 Å².